The van der Waals surface area contributed by atoms with E-state index >= 15 is 0 Å². The molecule has 0 radical (unpaired) electrons. The van der Waals surface area contributed by atoms with Gasteiger partial charge in [0.1, 0.15) is 12.6 Å². The summed E-state index contributed by atoms with van der Waals surface area (Å²) in [7, 11) is 0. The van der Waals surface area contributed by atoms with Gasteiger partial charge < -0.3 is 9.84 Å². The zero-order valence-electron chi connectivity index (χ0n) is 15.6. The molecule has 1 amide bonds. The second-order valence-electron chi connectivity index (χ2n) is 8.35. The van der Waals surface area contributed by atoms with Crippen molar-refractivity contribution < 1.29 is 19.4 Å². The number of likely N-dealkylation sites (tertiary alicyclic amines) is 1. The maximum Gasteiger partial charge on any atom is 0.410 e. The Balaban J connectivity index is 1.56. The van der Waals surface area contributed by atoms with Gasteiger partial charge in [0.25, 0.3) is 0 Å². The van der Waals surface area contributed by atoms with Crippen LogP contribution in [0.4, 0.5) is 4.79 Å². The molecule has 1 saturated heterocycles. The van der Waals surface area contributed by atoms with Gasteiger partial charge >= 0.3 is 12.1 Å². The fraction of sp³-hybridized carbons (Fsp3) is 0.455. The lowest BCUT2D eigenvalue weighted by Gasteiger charge is -2.34. The molecule has 0 bridgehead atoms. The van der Waals surface area contributed by atoms with Crippen LogP contribution in [0.3, 0.4) is 0 Å². The number of hydrogen-bond donors (Lipinski definition) is 1. The first-order valence-electron chi connectivity index (χ1n) is 9.46. The number of carbonyl (C=O) groups excluding carboxylic acids is 1. The van der Waals surface area contributed by atoms with Gasteiger partial charge in [0.15, 0.2) is 0 Å². The number of hydrogen-bond acceptors (Lipinski definition) is 3. The van der Waals surface area contributed by atoms with Crippen molar-refractivity contribution in [2.45, 2.75) is 26.5 Å². The van der Waals surface area contributed by atoms with Crippen LogP contribution in [0, 0.1) is 29.1 Å². The first-order valence-corrected chi connectivity index (χ1v) is 9.46. The molecule has 0 spiro atoms. The highest BCUT2D eigenvalue weighted by atomic mass is 16.6. The van der Waals surface area contributed by atoms with Gasteiger partial charge in [0, 0.05) is 12.5 Å². The second-order valence-corrected chi connectivity index (χ2v) is 8.35. The van der Waals surface area contributed by atoms with Crippen LogP contribution >= 0.6 is 0 Å². The first kappa shape index (κ1) is 17.8. The van der Waals surface area contributed by atoms with Gasteiger partial charge in [0.05, 0.1) is 0 Å². The predicted octanol–water partition coefficient (Wildman–Crippen LogP) is 3.72. The van der Waals surface area contributed by atoms with Crippen LogP contribution in [-0.2, 0) is 16.1 Å². The highest BCUT2D eigenvalue weighted by Crippen LogP contribution is 2.60. The molecule has 2 aliphatic carbocycles. The average molecular weight is 367 g/mol. The fourth-order valence-corrected chi connectivity index (χ4v) is 5.36. The van der Waals surface area contributed by atoms with Crippen LogP contribution in [0.5, 0.6) is 0 Å². The molecule has 5 nitrogen and oxygen atoms in total. The van der Waals surface area contributed by atoms with Crippen LogP contribution < -0.4 is 0 Å². The SMILES string of the molecule is CC1(C)C2CN(C(=O)OCc3ccccc3)[C@H](C(=O)O)C2[C@H]2C=CC=CC21. The number of allylic oxidation sites excluding steroid dienone is 4. The topological polar surface area (TPSA) is 66.8 Å². The molecule has 1 saturated carbocycles. The Labute approximate surface area is 159 Å². The molecule has 5 heteroatoms. The number of rotatable bonds is 3. The molecule has 2 fully saturated rings. The third-order valence-electron chi connectivity index (χ3n) is 6.69. The Morgan fingerprint density at radius 1 is 1.19 bits per heavy atom. The van der Waals surface area contributed by atoms with Crippen LogP contribution in [0.25, 0.3) is 0 Å². The summed E-state index contributed by atoms with van der Waals surface area (Å²) in [6.45, 7) is 4.96. The fourth-order valence-electron chi connectivity index (χ4n) is 5.36. The summed E-state index contributed by atoms with van der Waals surface area (Å²) in [5.74, 6) is -0.457. The van der Waals surface area contributed by atoms with E-state index in [2.05, 4.69) is 26.0 Å². The summed E-state index contributed by atoms with van der Waals surface area (Å²) in [4.78, 5) is 26.3. The van der Waals surface area contributed by atoms with Gasteiger partial charge in [-0.2, -0.15) is 0 Å². The molecule has 1 heterocycles. The van der Waals surface area contributed by atoms with Crippen molar-refractivity contribution in [1.29, 1.82) is 0 Å². The zero-order valence-corrected chi connectivity index (χ0v) is 15.6. The van der Waals surface area contributed by atoms with Crippen molar-refractivity contribution in [3.63, 3.8) is 0 Å². The first-order chi connectivity index (χ1) is 12.9. The monoisotopic (exact) mass is 367 g/mol. The van der Waals surface area contributed by atoms with Crippen molar-refractivity contribution >= 4 is 12.1 Å². The van der Waals surface area contributed by atoms with Crippen LogP contribution in [0.15, 0.2) is 54.6 Å². The third-order valence-corrected chi connectivity index (χ3v) is 6.69. The molecule has 27 heavy (non-hydrogen) atoms. The van der Waals surface area contributed by atoms with Gasteiger partial charge in [-0.25, -0.2) is 9.59 Å². The molecule has 3 aliphatic rings. The molecule has 3 unspecified atom stereocenters. The molecule has 0 aromatic heterocycles. The smallest absolute Gasteiger partial charge is 0.410 e. The summed E-state index contributed by atoms with van der Waals surface area (Å²) >= 11 is 0. The van der Waals surface area contributed by atoms with Crippen LogP contribution in [-0.4, -0.2) is 34.7 Å². The molecule has 5 atom stereocenters. The average Bonchev–Trinajstić information content (AvgIpc) is 3.17. The molecular formula is C22H25NO4. The molecule has 1 N–H and O–H groups in total. The lowest BCUT2D eigenvalue weighted by molar-refractivity contribution is -0.143. The lowest BCUT2D eigenvalue weighted by Crippen LogP contribution is -2.45. The van der Waals surface area contributed by atoms with Crippen LogP contribution in [0.2, 0.25) is 0 Å². The lowest BCUT2D eigenvalue weighted by atomic mass is 9.73. The van der Waals surface area contributed by atoms with Gasteiger partial charge in [0.2, 0.25) is 0 Å². The Morgan fingerprint density at radius 3 is 2.59 bits per heavy atom. The van der Waals surface area contributed by atoms with Crippen molar-refractivity contribution in [2.24, 2.45) is 29.1 Å². The van der Waals surface area contributed by atoms with Gasteiger partial charge in [-0.1, -0.05) is 68.5 Å². The molecule has 1 aliphatic heterocycles. The van der Waals surface area contributed by atoms with E-state index in [0.717, 1.165) is 5.56 Å². The second kappa shape index (κ2) is 6.55. The van der Waals surface area contributed by atoms with Crippen molar-refractivity contribution in [3.05, 3.63) is 60.2 Å². The molecule has 1 aromatic rings. The number of nitrogens with zero attached hydrogens (tertiary/aromatic N) is 1. The number of aliphatic carboxylic acids is 1. The van der Waals surface area contributed by atoms with E-state index in [0.29, 0.717) is 12.5 Å². The largest absolute Gasteiger partial charge is 0.480 e. The quantitative estimate of drug-likeness (QED) is 0.884. The number of ether oxygens (including phenoxy) is 1. The van der Waals surface area contributed by atoms with Crippen molar-refractivity contribution in [1.82, 2.24) is 4.90 Å². The van der Waals surface area contributed by atoms with Crippen molar-refractivity contribution in [2.75, 3.05) is 6.54 Å². The minimum Gasteiger partial charge on any atom is -0.480 e. The molecule has 142 valence electrons. The van der Waals surface area contributed by atoms with Gasteiger partial charge in [-0.3, -0.25) is 4.90 Å². The molecular weight excluding hydrogens is 342 g/mol. The van der Waals surface area contributed by atoms with Gasteiger partial charge in [-0.15, -0.1) is 0 Å². The Kier molecular flexibility index (Phi) is 4.33. The van der Waals surface area contributed by atoms with E-state index in [4.69, 9.17) is 4.74 Å². The molecule has 4 rings (SSSR count). The van der Waals surface area contributed by atoms with Crippen molar-refractivity contribution in [3.8, 4) is 0 Å². The van der Waals surface area contributed by atoms with E-state index in [1.807, 2.05) is 42.5 Å². The summed E-state index contributed by atoms with van der Waals surface area (Å²) < 4.78 is 5.45. The molecule has 1 aromatic carbocycles. The maximum atomic E-state index is 12.7. The predicted molar refractivity (Wildman–Crippen MR) is 101 cm³/mol. The Bertz CT molecular complexity index is 798. The highest BCUT2D eigenvalue weighted by Gasteiger charge is 2.63. The summed E-state index contributed by atoms with van der Waals surface area (Å²) in [6.07, 6.45) is 7.81. The highest BCUT2D eigenvalue weighted by molar-refractivity contribution is 5.81. The van der Waals surface area contributed by atoms with E-state index in [9.17, 15) is 14.7 Å². The number of carboxylic acids is 1. The minimum absolute atomic E-state index is 0.0707. The van der Waals surface area contributed by atoms with E-state index in [-0.39, 0.29) is 29.8 Å². The van der Waals surface area contributed by atoms with Gasteiger partial charge in [-0.05, 0) is 28.7 Å². The standard InChI is InChI=1S/C22H25NO4/c1-22(2)16-11-7-6-10-15(16)18-17(22)12-23(19(18)20(24)25)21(26)27-13-14-8-4-3-5-9-14/h3-11,15-19H,12-13H2,1-2H3,(H,24,25)/t15-,16?,17?,18?,19-/m0/s1. The zero-order chi connectivity index (χ0) is 19.2. The number of fused-ring (bicyclic) bond motifs is 3. The summed E-state index contributed by atoms with van der Waals surface area (Å²) in [6, 6.07) is 8.59. The van der Waals surface area contributed by atoms with Crippen LogP contribution in [0.1, 0.15) is 19.4 Å². The normalized spacial score (nSPS) is 32.8. The third kappa shape index (κ3) is 2.85. The van der Waals surface area contributed by atoms with E-state index in [1.165, 1.54) is 4.90 Å². The summed E-state index contributed by atoms with van der Waals surface area (Å²) in [5.41, 5.74) is 0.816. The number of carboxylic acid groups (broad SMARTS) is 1. The Morgan fingerprint density at radius 2 is 1.89 bits per heavy atom. The summed E-state index contributed by atoms with van der Waals surface area (Å²) in [5, 5.41) is 9.93. The minimum atomic E-state index is -0.946. The number of amides is 1. The number of carbonyl (C=O) groups is 2. The van der Waals surface area contributed by atoms with E-state index < -0.39 is 18.1 Å². The number of benzene rings is 1. The Hall–Kier alpha value is -2.56. The maximum absolute atomic E-state index is 12.7. The van der Waals surface area contributed by atoms with E-state index in [1.54, 1.807) is 0 Å².